The van der Waals surface area contributed by atoms with E-state index in [1.165, 1.54) is 89.2 Å². The fourth-order valence-corrected chi connectivity index (χ4v) is 5.94. The SMILES string of the molecule is CCCC1(N2CCC(n3c(NC)nc4ccccc43)CC2)CCCCCCC1. The van der Waals surface area contributed by atoms with Crippen molar-refractivity contribution >= 4 is 17.0 Å². The number of nitrogens with zero attached hydrogens (tertiary/aromatic N) is 3. The number of likely N-dealkylation sites (tertiary alicyclic amines) is 1. The Labute approximate surface area is 170 Å². The van der Waals surface area contributed by atoms with Crippen LogP contribution in [0.15, 0.2) is 24.3 Å². The molecule has 0 atom stereocenters. The first kappa shape index (κ1) is 19.8. The van der Waals surface area contributed by atoms with Crippen LogP contribution in [-0.2, 0) is 0 Å². The minimum Gasteiger partial charge on any atom is -0.359 e. The summed E-state index contributed by atoms with van der Waals surface area (Å²) in [7, 11) is 2.00. The molecule has 28 heavy (non-hydrogen) atoms. The molecule has 4 nitrogen and oxygen atoms in total. The quantitative estimate of drug-likeness (QED) is 0.688. The monoisotopic (exact) mass is 382 g/mol. The van der Waals surface area contributed by atoms with E-state index >= 15 is 0 Å². The smallest absolute Gasteiger partial charge is 0.203 e. The topological polar surface area (TPSA) is 33.1 Å². The zero-order valence-corrected chi connectivity index (χ0v) is 17.9. The molecule has 1 saturated carbocycles. The number of nitrogens with one attached hydrogen (secondary N) is 1. The Bertz CT molecular complexity index is 749. The lowest BCUT2D eigenvalue weighted by molar-refractivity contribution is 0.0235. The van der Waals surface area contributed by atoms with Gasteiger partial charge in [0.2, 0.25) is 5.95 Å². The molecule has 1 saturated heterocycles. The number of benzene rings is 1. The second kappa shape index (κ2) is 8.86. The van der Waals surface area contributed by atoms with Gasteiger partial charge in [-0.05, 0) is 44.2 Å². The Kier molecular flexibility index (Phi) is 6.25. The summed E-state index contributed by atoms with van der Waals surface area (Å²) in [6.07, 6.45) is 15.2. The number of hydrogen-bond acceptors (Lipinski definition) is 3. The van der Waals surface area contributed by atoms with Crippen LogP contribution in [0.25, 0.3) is 11.0 Å². The number of aromatic nitrogens is 2. The molecule has 4 rings (SSSR count). The van der Waals surface area contributed by atoms with E-state index in [0.717, 1.165) is 11.5 Å². The average Bonchev–Trinajstić information content (AvgIpc) is 3.09. The van der Waals surface area contributed by atoms with Gasteiger partial charge in [0.15, 0.2) is 0 Å². The highest BCUT2D eigenvalue weighted by molar-refractivity contribution is 5.78. The maximum absolute atomic E-state index is 4.82. The minimum atomic E-state index is 0.475. The molecule has 4 heteroatoms. The third-order valence-electron chi connectivity index (χ3n) is 7.32. The van der Waals surface area contributed by atoms with E-state index in [9.17, 15) is 0 Å². The highest BCUT2D eigenvalue weighted by Gasteiger charge is 2.38. The van der Waals surface area contributed by atoms with Gasteiger partial charge in [0.05, 0.1) is 11.0 Å². The standard InChI is InChI=1S/C24H38N4/c1-3-15-24(16-9-5-4-6-10-17-24)27-18-13-20(14-19-27)28-22-12-8-7-11-21(22)26-23(28)25-2/h7-8,11-12,20H,3-6,9-10,13-19H2,1-2H3,(H,25,26). The number of imidazole rings is 1. The zero-order chi connectivity index (χ0) is 19.4. The molecule has 1 N–H and O–H groups in total. The molecule has 1 aliphatic carbocycles. The Hall–Kier alpha value is -1.55. The molecular weight excluding hydrogens is 344 g/mol. The fraction of sp³-hybridized carbons (Fsp3) is 0.708. The second-order valence-corrected chi connectivity index (χ2v) is 9.00. The van der Waals surface area contributed by atoms with Crippen LogP contribution >= 0.6 is 0 Å². The van der Waals surface area contributed by atoms with E-state index in [2.05, 4.69) is 46.0 Å². The van der Waals surface area contributed by atoms with Crippen LogP contribution in [0.4, 0.5) is 5.95 Å². The normalized spacial score (nSPS) is 22.1. The van der Waals surface area contributed by atoms with Crippen molar-refractivity contribution in [2.75, 3.05) is 25.5 Å². The molecule has 1 aromatic carbocycles. The van der Waals surface area contributed by atoms with Crippen LogP contribution in [0.5, 0.6) is 0 Å². The van der Waals surface area contributed by atoms with Gasteiger partial charge in [-0.25, -0.2) is 4.98 Å². The van der Waals surface area contributed by atoms with E-state index < -0.39 is 0 Å². The number of fused-ring (bicyclic) bond motifs is 1. The summed E-state index contributed by atoms with van der Waals surface area (Å²) in [4.78, 5) is 7.72. The van der Waals surface area contributed by atoms with E-state index in [0.29, 0.717) is 11.6 Å². The van der Waals surface area contributed by atoms with Crippen molar-refractivity contribution in [3.05, 3.63) is 24.3 Å². The maximum atomic E-state index is 4.82. The molecule has 2 fully saturated rings. The largest absolute Gasteiger partial charge is 0.359 e. The van der Waals surface area contributed by atoms with Gasteiger partial charge in [0, 0.05) is 31.7 Å². The van der Waals surface area contributed by atoms with E-state index in [1.54, 1.807) is 0 Å². The highest BCUT2D eigenvalue weighted by Crippen LogP contribution is 2.40. The van der Waals surface area contributed by atoms with Crippen molar-refractivity contribution in [1.82, 2.24) is 14.5 Å². The molecule has 0 radical (unpaired) electrons. The van der Waals surface area contributed by atoms with Gasteiger partial charge >= 0.3 is 0 Å². The third-order valence-corrected chi connectivity index (χ3v) is 7.32. The lowest BCUT2D eigenvalue weighted by Gasteiger charge is -2.49. The van der Waals surface area contributed by atoms with Gasteiger partial charge in [0.1, 0.15) is 0 Å². The van der Waals surface area contributed by atoms with Crippen LogP contribution in [-0.4, -0.2) is 40.1 Å². The molecule has 2 heterocycles. The first-order valence-electron chi connectivity index (χ1n) is 11.7. The van der Waals surface area contributed by atoms with Crippen molar-refractivity contribution in [1.29, 1.82) is 0 Å². The average molecular weight is 383 g/mol. The molecule has 1 aromatic heterocycles. The number of piperidine rings is 1. The summed E-state index contributed by atoms with van der Waals surface area (Å²) in [6, 6.07) is 9.14. The van der Waals surface area contributed by atoms with Crippen molar-refractivity contribution in [3.63, 3.8) is 0 Å². The Morgan fingerprint density at radius 2 is 1.71 bits per heavy atom. The predicted molar refractivity (Wildman–Crippen MR) is 119 cm³/mol. The number of anilines is 1. The first-order chi connectivity index (χ1) is 13.8. The maximum Gasteiger partial charge on any atom is 0.203 e. The molecule has 154 valence electrons. The van der Waals surface area contributed by atoms with Crippen molar-refractivity contribution in [2.45, 2.75) is 89.1 Å². The molecule has 0 spiro atoms. The van der Waals surface area contributed by atoms with Crippen LogP contribution in [0, 0.1) is 0 Å². The summed E-state index contributed by atoms with van der Waals surface area (Å²) in [5.74, 6) is 1.02. The van der Waals surface area contributed by atoms with Crippen LogP contribution in [0.1, 0.15) is 83.6 Å². The molecule has 0 unspecified atom stereocenters. The summed E-state index contributed by atoms with van der Waals surface area (Å²) in [5.41, 5.74) is 2.86. The minimum absolute atomic E-state index is 0.475. The van der Waals surface area contributed by atoms with E-state index in [-0.39, 0.29) is 0 Å². The van der Waals surface area contributed by atoms with Crippen LogP contribution < -0.4 is 5.32 Å². The van der Waals surface area contributed by atoms with Gasteiger partial charge in [-0.2, -0.15) is 0 Å². The summed E-state index contributed by atoms with van der Waals surface area (Å²) >= 11 is 0. The molecule has 0 bridgehead atoms. The van der Waals surface area contributed by atoms with Gasteiger partial charge < -0.3 is 9.88 Å². The van der Waals surface area contributed by atoms with Gasteiger partial charge in [-0.3, -0.25) is 4.90 Å². The first-order valence-corrected chi connectivity index (χ1v) is 11.7. The number of hydrogen-bond donors (Lipinski definition) is 1. The van der Waals surface area contributed by atoms with Gasteiger partial charge in [-0.15, -0.1) is 0 Å². The molecule has 2 aromatic rings. The van der Waals surface area contributed by atoms with Crippen LogP contribution in [0.2, 0.25) is 0 Å². The Morgan fingerprint density at radius 3 is 2.39 bits per heavy atom. The lowest BCUT2D eigenvalue weighted by Crippen LogP contribution is -2.52. The zero-order valence-electron chi connectivity index (χ0n) is 17.9. The van der Waals surface area contributed by atoms with Crippen molar-refractivity contribution < 1.29 is 0 Å². The third kappa shape index (κ3) is 3.80. The summed E-state index contributed by atoms with van der Waals surface area (Å²) < 4.78 is 2.47. The predicted octanol–water partition coefficient (Wildman–Crippen LogP) is 6.00. The molecular formula is C24H38N4. The Balaban J connectivity index is 1.52. The molecule has 1 aliphatic heterocycles. The highest BCUT2D eigenvalue weighted by atomic mass is 15.3. The van der Waals surface area contributed by atoms with Crippen molar-refractivity contribution in [3.8, 4) is 0 Å². The van der Waals surface area contributed by atoms with E-state index in [4.69, 9.17) is 4.98 Å². The van der Waals surface area contributed by atoms with Crippen LogP contribution in [0.3, 0.4) is 0 Å². The van der Waals surface area contributed by atoms with Gasteiger partial charge in [0.25, 0.3) is 0 Å². The summed E-state index contributed by atoms with van der Waals surface area (Å²) in [6.45, 7) is 4.85. The second-order valence-electron chi connectivity index (χ2n) is 9.00. The number of para-hydroxylation sites is 2. The molecule has 0 amide bonds. The van der Waals surface area contributed by atoms with Gasteiger partial charge in [-0.1, -0.05) is 57.6 Å². The summed E-state index contributed by atoms with van der Waals surface area (Å²) in [5, 5.41) is 3.34. The van der Waals surface area contributed by atoms with E-state index in [1.807, 2.05) is 7.05 Å². The fourth-order valence-electron chi connectivity index (χ4n) is 5.94. The van der Waals surface area contributed by atoms with Crippen molar-refractivity contribution in [2.24, 2.45) is 0 Å². The molecule has 2 aliphatic rings. The number of rotatable bonds is 5. The Morgan fingerprint density at radius 1 is 1.04 bits per heavy atom. The lowest BCUT2D eigenvalue weighted by atomic mass is 9.78.